The Bertz CT molecular complexity index is 1380. The molecule has 0 unspecified atom stereocenters. The molecule has 0 aliphatic carbocycles. The van der Waals surface area contributed by atoms with Gasteiger partial charge in [0.15, 0.2) is 0 Å². The molecule has 1 aromatic heterocycles. The number of piperazine rings is 1. The van der Waals surface area contributed by atoms with Gasteiger partial charge in [-0.15, -0.1) is 11.3 Å². The fraction of sp³-hybridized carbons (Fsp3) is 0.207. The van der Waals surface area contributed by atoms with E-state index in [4.69, 9.17) is 0 Å². The van der Waals surface area contributed by atoms with E-state index in [9.17, 15) is 13.2 Å². The molecule has 0 radical (unpaired) electrons. The summed E-state index contributed by atoms with van der Waals surface area (Å²) in [4.78, 5) is 17.6. The molecule has 0 saturated carbocycles. The van der Waals surface area contributed by atoms with E-state index in [0.717, 1.165) is 13.1 Å². The first-order valence-corrected chi connectivity index (χ1v) is 14.5. The van der Waals surface area contributed by atoms with E-state index in [1.54, 1.807) is 41.8 Å². The van der Waals surface area contributed by atoms with Crippen LogP contribution in [0, 0.1) is 0 Å². The first-order valence-electron chi connectivity index (χ1n) is 12.2. The van der Waals surface area contributed by atoms with Gasteiger partial charge in [-0.3, -0.25) is 14.0 Å². The second-order valence-electron chi connectivity index (χ2n) is 9.00. The van der Waals surface area contributed by atoms with E-state index in [1.807, 2.05) is 17.0 Å². The van der Waals surface area contributed by atoms with Crippen LogP contribution in [0.1, 0.15) is 27.5 Å². The van der Waals surface area contributed by atoms with Crippen molar-refractivity contribution in [2.75, 3.05) is 37.5 Å². The molecular weight excluding hydrogens is 502 g/mol. The van der Waals surface area contributed by atoms with Crippen LogP contribution in [0.5, 0.6) is 0 Å². The van der Waals surface area contributed by atoms with Crippen LogP contribution in [0.15, 0.2) is 107 Å². The third-order valence-corrected chi connectivity index (χ3v) is 9.94. The highest BCUT2D eigenvalue weighted by atomic mass is 32.2. The molecule has 1 amide bonds. The quantitative estimate of drug-likeness (QED) is 0.332. The van der Waals surface area contributed by atoms with Crippen LogP contribution in [0.2, 0.25) is 0 Å². The zero-order valence-corrected chi connectivity index (χ0v) is 22.2. The normalized spacial score (nSPS) is 14.6. The summed E-state index contributed by atoms with van der Waals surface area (Å²) in [6.07, 6.45) is 0. The Morgan fingerprint density at radius 2 is 1.35 bits per heavy atom. The predicted octanol–water partition coefficient (Wildman–Crippen LogP) is 5.12. The number of nitrogens with zero attached hydrogens (tertiary/aromatic N) is 3. The van der Waals surface area contributed by atoms with Crippen molar-refractivity contribution in [1.29, 1.82) is 0 Å². The minimum absolute atomic E-state index is 0.0362. The summed E-state index contributed by atoms with van der Waals surface area (Å²) in [6, 6.07) is 31.2. The Labute approximate surface area is 222 Å². The third-order valence-electron chi connectivity index (χ3n) is 6.78. The molecule has 190 valence electrons. The van der Waals surface area contributed by atoms with Crippen molar-refractivity contribution in [2.45, 2.75) is 10.3 Å². The van der Waals surface area contributed by atoms with Crippen LogP contribution in [0.4, 0.5) is 5.69 Å². The summed E-state index contributed by atoms with van der Waals surface area (Å²) in [5.41, 5.74) is 3.56. The number of benzene rings is 3. The number of thiophene rings is 1. The Kier molecular flexibility index (Phi) is 7.41. The molecule has 0 atom stereocenters. The summed E-state index contributed by atoms with van der Waals surface area (Å²) >= 11 is 1.18. The minimum Gasteiger partial charge on any atom is -0.336 e. The van der Waals surface area contributed by atoms with Crippen molar-refractivity contribution >= 4 is 33.0 Å². The first-order chi connectivity index (χ1) is 17.9. The molecule has 0 bridgehead atoms. The number of hydrogen-bond acceptors (Lipinski definition) is 5. The Morgan fingerprint density at radius 1 is 0.784 bits per heavy atom. The number of carbonyl (C=O) groups is 1. The maximum absolute atomic E-state index is 13.3. The van der Waals surface area contributed by atoms with Gasteiger partial charge in [0, 0.05) is 38.8 Å². The van der Waals surface area contributed by atoms with Gasteiger partial charge in [0.1, 0.15) is 4.21 Å². The molecule has 8 heteroatoms. The second-order valence-corrected chi connectivity index (χ2v) is 12.1. The topological polar surface area (TPSA) is 60.9 Å². The number of carbonyl (C=O) groups excluding carboxylic acids is 1. The molecule has 1 aliphatic rings. The second kappa shape index (κ2) is 10.9. The molecule has 0 N–H and O–H groups in total. The molecule has 2 heterocycles. The van der Waals surface area contributed by atoms with Crippen LogP contribution < -0.4 is 4.31 Å². The van der Waals surface area contributed by atoms with Crippen LogP contribution in [-0.2, 0) is 10.0 Å². The van der Waals surface area contributed by atoms with Crippen molar-refractivity contribution in [3.05, 3.63) is 119 Å². The van der Waals surface area contributed by atoms with Gasteiger partial charge in [-0.05, 0) is 46.8 Å². The maximum Gasteiger partial charge on any atom is 0.273 e. The highest BCUT2D eigenvalue weighted by molar-refractivity contribution is 7.94. The summed E-state index contributed by atoms with van der Waals surface area (Å²) < 4.78 is 27.2. The molecule has 5 rings (SSSR count). The minimum atomic E-state index is -3.61. The Morgan fingerprint density at radius 3 is 1.86 bits per heavy atom. The zero-order chi connectivity index (χ0) is 25.8. The van der Waals surface area contributed by atoms with E-state index in [1.165, 1.54) is 33.8 Å². The highest BCUT2D eigenvalue weighted by Crippen LogP contribution is 2.30. The van der Waals surface area contributed by atoms with Gasteiger partial charge in [0.2, 0.25) is 0 Å². The monoisotopic (exact) mass is 531 g/mol. The maximum atomic E-state index is 13.3. The van der Waals surface area contributed by atoms with Crippen molar-refractivity contribution in [2.24, 2.45) is 0 Å². The number of anilines is 1. The molecule has 4 aromatic rings. The van der Waals surface area contributed by atoms with Crippen molar-refractivity contribution in [3.8, 4) is 0 Å². The summed E-state index contributed by atoms with van der Waals surface area (Å²) in [7, 11) is -2.08. The molecule has 3 aromatic carbocycles. The zero-order valence-electron chi connectivity index (χ0n) is 20.6. The fourth-order valence-corrected chi connectivity index (χ4v) is 7.11. The van der Waals surface area contributed by atoms with Gasteiger partial charge >= 0.3 is 0 Å². The summed E-state index contributed by atoms with van der Waals surface area (Å²) in [5, 5.41) is 1.74. The molecule has 1 aliphatic heterocycles. The van der Waals surface area contributed by atoms with Crippen LogP contribution in [0.3, 0.4) is 0 Å². The van der Waals surface area contributed by atoms with Crippen molar-refractivity contribution < 1.29 is 13.2 Å². The molecule has 1 saturated heterocycles. The average Bonchev–Trinajstić information content (AvgIpc) is 3.50. The lowest BCUT2D eigenvalue weighted by atomic mass is 9.96. The fourth-order valence-electron chi connectivity index (χ4n) is 4.75. The van der Waals surface area contributed by atoms with E-state index < -0.39 is 10.0 Å². The van der Waals surface area contributed by atoms with E-state index in [-0.39, 0.29) is 16.2 Å². The van der Waals surface area contributed by atoms with Gasteiger partial charge in [-0.25, -0.2) is 8.42 Å². The Balaban J connectivity index is 1.26. The predicted molar refractivity (Wildman–Crippen MR) is 149 cm³/mol. The average molecular weight is 532 g/mol. The smallest absolute Gasteiger partial charge is 0.273 e. The molecular formula is C29H29N3O3S2. The van der Waals surface area contributed by atoms with Gasteiger partial charge in [-0.2, -0.15) is 0 Å². The number of sulfonamides is 1. The van der Waals surface area contributed by atoms with E-state index in [2.05, 4.69) is 53.4 Å². The van der Waals surface area contributed by atoms with Crippen LogP contribution >= 0.6 is 11.3 Å². The Hall–Kier alpha value is -3.46. The van der Waals surface area contributed by atoms with Crippen LogP contribution in [0.25, 0.3) is 0 Å². The van der Waals surface area contributed by atoms with Gasteiger partial charge in [0.25, 0.3) is 15.9 Å². The van der Waals surface area contributed by atoms with Gasteiger partial charge < -0.3 is 4.90 Å². The lowest BCUT2D eigenvalue weighted by Crippen LogP contribution is -2.49. The molecule has 1 fully saturated rings. The van der Waals surface area contributed by atoms with E-state index >= 15 is 0 Å². The number of hydrogen-bond donors (Lipinski definition) is 0. The summed E-state index contributed by atoms with van der Waals surface area (Å²) in [6.45, 7) is 2.78. The van der Waals surface area contributed by atoms with Gasteiger partial charge in [-0.1, -0.05) is 66.7 Å². The van der Waals surface area contributed by atoms with Crippen molar-refractivity contribution in [1.82, 2.24) is 9.80 Å². The van der Waals surface area contributed by atoms with E-state index in [0.29, 0.717) is 24.3 Å². The summed E-state index contributed by atoms with van der Waals surface area (Å²) in [5.74, 6) is -0.0362. The lowest BCUT2D eigenvalue weighted by Gasteiger charge is -2.39. The number of rotatable bonds is 7. The largest absolute Gasteiger partial charge is 0.336 e. The SMILES string of the molecule is CN(c1ccc(C(=O)N2CCN(C(c3ccccc3)c3ccccc3)CC2)cc1)S(=O)(=O)c1cccs1. The van der Waals surface area contributed by atoms with Crippen molar-refractivity contribution in [3.63, 3.8) is 0 Å². The highest BCUT2D eigenvalue weighted by Gasteiger charge is 2.29. The lowest BCUT2D eigenvalue weighted by molar-refractivity contribution is 0.0597. The first kappa shape index (κ1) is 25.2. The molecule has 6 nitrogen and oxygen atoms in total. The standard InChI is InChI=1S/C29H29N3O3S2/c1-30(37(34,35)27-13-8-22-36-27)26-16-14-25(15-17-26)29(33)32-20-18-31(19-21-32)28(23-9-4-2-5-10-23)24-11-6-3-7-12-24/h2-17,22,28H,18-21H2,1H3. The van der Waals surface area contributed by atoms with Gasteiger partial charge in [0.05, 0.1) is 11.7 Å². The molecule has 37 heavy (non-hydrogen) atoms. The molecule has 0 spiro atoms. The third kappa shape index (κ3) is 5.32. The van der Waals surface area contributed by atoms with Crippen LogP contribution in [-0.4, -0.2) is 57.4 Å². The number of amides is 1.